The van der Waals surface area contributed by atoms with E-state index in [1.54, 1.807) is 13.0 Å². The van der Waals surface area contributed by atoms with Crippen LogP contribution in [0.25, 0.3) is 0 Å². The van der Waals surface area contributed by atoms with Crippen molar-refractivity contribution in [3.63, 3.8) is 0 Å². The van der Waals surface area contributed by atoms with E-state index in [1.165, 1.54) is 12.1 Å². The van der Waals surface area contributed by atoms with E-state index < -0.39 is 0 Å². The molecule has 3 N–H and O–H groups in total. The van der Waals surface area contributed by atoms with Crippen molar-refractivity contribution in [3.8, 4) is 0 Å². The minimum absolute atomic E-state index is 0.196. The molecule has 1 aromatic rings. The third-order valence-electron chi connectivity index (χ3n) is 2.80. The van der Waals surface area contributed by atoms with Gasteiger partial charge in [-0.3, -0.25) is 0 Å². The normalized spacial score (nSPS) is 13.7. The van der Waals surface area contributed by atoms with Crippen molar-refractivity contribution in [2.24, 2.45) is 5.92 Å². The molecule has 0 saturated carbocycles. The number of aliphatic hydroxyl groups excluding tert-OH is 1. The van der Waals surface area contributed by atoms with Crippen molar-refractivity contribution < 1.29 is 14.3 Å². The number of hydrogen-bond acceptors (Lipinski definition) is 2. The fraction of sp³-hybridized carbons (Fsp3) is 0.500. The summed E-state index contributed by atoms with van der Waals surface area (Å²) in [6, 6.07) is 4.03. The lowest BCUT2D eigenvalue weighted by molar-refractivity contribution is 0.163. The highest BCUT2D eigenvalue weighted by Crippen LogP contribution is 2.17. The zero-order valence-corrected chi connectivity index (χ0v) is 13.2. The second-order valence-electron chi connectivity index (χ2n) is 4.99. The predicted octanol–water partition coefficient (Wildman–Crippen LogP) is 2.79. The van der Waals surface area contributed by atoms with Gasteiger partial charge in [-0.05, 0) is 43.0 Å². The summed E-state index contributed by atoms with van der Waals surface area (Å²) in [5.74, 6) is -0.141. The van der Waals surface area contributed by atoms with Crippen LogP contribution < -0.4 is 10.6 Å². The van der Waals surface area contributed by atoms with Gasteiger partial charge < -0.3 is 15.7 Å². The van der Waals surface area contributed by atoms with Gasteiger partial charge in [-0.1, -0.05) is 22.9 Å². The number of urea groups is 1. The second kappa shape index (κ2) is 8.21. The van der Waals surface area contributed by atoms with Gasteiger partial charge in [0.1, 0.15) is 5.82 Å². The maximum Gasteiger partial charge on any atom is 0.315 e. The van der Waals surface area contributed by atoms with Crippen molar-refractivity contribution >= 4 is 22.0 Å². The number of carbonyl (C=O) groups excluding carboxylic acids is 1. The maximum atomic E-state index is 13.1. The molecule has 2 unspecified atom stereocenters. The lowest BCUT2D eigenvalue weighted by Crippen LogP contribution is -2.37. The zero-order valence-electron chi connectivity index (χ0n) is 11.6. The highest BCUT2D eigenvalue weighted by Gasteiger charge is 2.09. The number of rotatable bonds is 6. The summed E-state index contributed by atoms with van der Waals surface area (Å²) >= 11 is 3.30. The van der Waals surface area contributed by atoms with E-state index in [1.807, 2.05) is 6.92 Å². The van der Waals surface area contributed by atoms with Crippen LogP contribution in [0.1, 0.15) is 25.8 Å². The van der Waals surface area contributed by atoms with E-state index in [9.17, 15) is 14.3 Å². The Morgan fingerprint density at radius 3 is 2.75 bits per heavy atom. The van der Waals surface area contributed by atoms with Gasteiger partial charge in [-0.15, -0.1) is 0 Å². The van der Waals surface area contributed by atoms with Crippen LogP contribution in [0.15, 0.2) is 22.7 Å². The Balaban J connectivity index is 2.34. The molecule has 0 aliphatic rings. The Labute approximate surface area is 126 Å². The van der Waals surface area contributed by atoms with Gasteiger partial charge in [0.2, 0.25) is 0 Å². The smallest absolute Gasteiger partial charge is 0.315 e. The lowest BCUT2D eigenvalue weighted by atomic mass is 10.1. The maximum absolute atomic E-state index is 13.1. The Bertz CT molecular complexity index is 455. The van der Waals surface area contributed by atoms with Gasteiger partial charge in [0.05, 0.1) is 6.10 Å². The molecule has 2 amide bonds. The first-order valence-electron chi connectivity index (χ1n) is 6.52. The van der Waals surface area contributed by atoms with Crippen molar-refractivity contribution in [3.05, 3.63) is 34.1 Å². The van der Waals surface area contributed by atoms with Crippen LogP contribution in [0.5, 0.6) is 0 Å². The number of nitrogens with one attached hydrogen (secondary N) is 2. The summed E-state index contributed by atoms with van der Waals surface area (Å²) in [6.45, 7) is 4.41. The summed E-state index contributed by atoms with van der Waals surface area (Å²) < 4.78 is 13.8. The average Bonchev–Trinajstić information content (AvgIpc) is 2.36. The van der Waals surface area contributed by atoms with Gasteiger partial charge in [0, 0.05) is 17.6 Å². The summed E-state index contributed by atoms with van der Waals surface area (Å²) in [6.07, 6.45) is 0.258. The highest BCUT2D eigenvalue weighted by molar-refractivity contribution is 9.10. The standard InChI is InChI=1S/C14H20BrFN2O2/c1-9(5-10(2)19)7-17-14(20)18-8-11-6-12(16)3-4-13(11)15/h3-4,6,9-10,19H,5,7-8H2,1-2H3,(H2,17,18,20). The number of aliphatic hydroxyl groups is 1. The van der Waals surface area contributed by atoms with E-state index in [4.69, 9.17) is 0 Å². The SMILES string of the molecule is CC(O)CC(C)CNC(=O)NCc1cc(F)ccc1Br. The molecule has 0 aliphatic heterocycles. The quantitative estimate of drug-likeness (QED) is 0.741. The molecule has 20 heavy (non-hydrogen) atoms. The number of hydrogen-bond donors (Lipinski definition) is 3. The molecule has 2 atom stereocenters. The molecule has 0 spiro atoms. The van der Waals surface area contributed by atoms with Crippen LogP contribution in [0.4, 0.5) is 9.18 Å². The lowest BCUT2D eigenvalue weighted by Gasteiger charge is -2.15. The summed E-state index contributed by atoms with van der Waals surface area (Å²) in [7, 11) is 0. The fourth-order valence-electron chi connectivity index (χ4n) is 1.85. The molecule has 0 heterocycles. The van der Waals surface area contributed by atoms with Crippen LogP contribution in [0.2, 0.25) is 0 Å². The van der Waals surface area contributed by atoms with Crippen LogP contribution in [0, 0.1) is 11.7 Å². The molecule has 4 nitrogen and oxygen atoms in total. The van der Waals surface area contributed by atoms with E-state index in [-0.39, 0.29) is 30.4 Å². The first-order chi connectivity index (χ1) is 9.38. The molecule has 0 aliphatic carbocycles. The van der Waals surface area contributed by atoms with Crippen LogP contribution in [0.3, 0.4) is 0 Å². The Morgan fingerprint density at radius 2 is 2.10 bits per heavy atom. The molecule has 0 bridgehead atoms. The largest absolute Gasteiger partial charge is 0.393 e. The molecule has 1 rings (SSSR count). The number of carbonyl (C=O) groups is 1. The molecule has 0 fully saturated rings. The van der Waals surface area contributed by atoms with Crippen molar-refractivity contribution in [2.75, 3.05) is 6.54 Å². The monoisotopic (exact) mass is 346 g/mol. The third kappa shape index (κ3) is 6.34. The minimum atomic E-state index is -0.377. The molecular formula is C14H20BrFN2O2. The molecule has 0 aromatic heterocycles. The molecule has 1 aromatic carbocycles. The average molecular weight is 347 g/mol. The van der Waals surface area contributed by atoms with Gasteiger partial charge in [0.15, 0.2) is 0 Å². The predicted molar refractivity (Wildman–Crippen MR) is 79.8 cm³/mol. The summed E-state index contributed by atoms with van der Waals surface area (Å²) in [5.41, 5.74) is 0.678. The van der Waals surface area contributed by atoms with Crippen molar-refractivity contribution in [1.82, 2.24) is 10.6 Å². The highest BCUT2D eigenvalue weighted by atomic mass is 79.9. The fourth-order valence-corrected chi connectivity index (χ4v) is 2.24. The first kappa shape index (κ1) is 16.9. The Hall–Kier alpha value is -1.14. The van der Waals surface area contributed by atoms with Crippen molar-refractivity contribution in [2.45, 2.75) is 32.9 Å². The molecule has 6 heteroatoms. The van der Waals surface area contributed by atoms with E-state index >= 15 is 0 Å². The molecule has 0 radical (unpaired) electrons. The van der Waals surface area contributed by atoms with Crippen LogP contribution in [-0.4, -0.2) is 23.8 Å². The first-order valence-corrected chi connectivity index (χ1v) is 7.31. The zero-order chi connectivity index (χ0) is 15.1. The van der Waals surface area contributed by atoms with Gasteiger partial charge in [-0.2, -0.15) is 0 Å². The topological polar surface area (TPSA) is 61.4 Å². The molecule has 0 saturated heterocycles. The molecule has 112 valence electrons. The van der Waals surface area contributed by atoms with Crippen LogP contribution >= 0.6 is 15.9 Å². The van der Waals surface area contributed by atoms with Crippen LogP contribution in [-0.2, 0) is 6.54 Å². The van der Waals surface area contributed by atoms with E-state index in [0.29, 0.717) is 18.5 Å². The number of halogens is 2. The third-order valence-corrected chi connectivity index (χ3v) is 3.58. The Kier molecular flexibility index (Phi) is 6.95. The van der Waals surface area contributed by atoms with Crippen molar-refractivity contribution in [1.29, 1.82) is 0 Å². The minimum Gasteiger partial charge on any atom is -0.393 e. The van der Waals surface area contributed by atoms with E-state index in [0.717, 1.165) is 4.47 Å². The van der Waals surface area contributed by atoms with E-state index in [2.05, 4.69) is 26.6 Å². The number of amides is 2. The Morgan fingerprint density at radius 1 is 1.40 bits per heavy atom. The molecular weight excluding hydrogens is 327 g/mol. The van der Waals surface area contributed by atoms with Gasteiger partial charge in [-0.25, -0.2) is 9.18 Å². The van der Waals surface area contributed by atoms with Gasteiger partial charge >= 0.3 is 6.03 Å². The second-order valence-corrected chi connectivity index (χ2v) is 5.84. The van der Waals surface area contributed by atoms with Gasteiger partial charge in [0.25, 0.3) is 0 Å². The summed E-state index contributed by atoms with van der Waals surface area (Å²) in [4.78, 5) is 11.6. The summed E-state index contributed by atoms with van der Waals surface area (Å²) in [5, 5.41) is 14.6. The number of benzene rings is 1.